The molecule has 1 fully saturated rings. The third kappa shape index (κ3) is 2.26. The van der Waals surface area contributed by atoms with Gasteiger partial charge in [0, 0.05) is 25.3 Å². The molecule has 0 aromatic carbocycles. The first kappa shape index (κ1) is 10.4. The van der Waals surface area contributed by atoms with Crippen LogP contribution in [0.5, 0.6) is 0 Å². The lowest BCUT2D eigenvalue weighted by molar-refractivity contribution is 0.364. The van der Waals surface area contributed by atoms with Crippen molar-refractivity contribution in [3.05, 3.63) is 18.3 Å². The highest BCUT2D eigenvalue weighted by Crippen LogP contribution is 2.25. The molecule has 2 atom stereocenters. The maximum absolute atomic E-state index is 5.80. The quantitative estimate of drug-likeness (QED) is 0.785. The van der Waals surface area contributed by atoms with E-state index in [0.29, 0.717) is 12.6 Å². The molecule has 0 amide bonds. The zero-order valence-corrected chi connectivity index (χ0v) is 9.13. The number of nitrogens with two attached hydrogens (primary N) is 1. The van der Waals surface area contributed by atoms with E-state index < -0.39 is 0 Å². The molecule has 2 heterocycles. The Hall–Kier alpha value is -1.16. The van der Waals surface area contributed by atoms with Crippen LogP contribution in [0, 0.1) is 5.92 Å². The molecule has 0 aliphatic carbocycles. The Kier molecular flexibility index (Phi) is 3.16. The molecule has 0 spiro atoms. The van der Waals surface area contributed by atoms with Gasteiger partial charge in [-0.3, -0.25) is 0 Å². The molecule has 1 aromatic rings. The van der Waals surface area contributed by atoms with E-state index in [9.17, 15) is 0 Å². The topological polar surface area (TPSA) is 55.0 Å². The van der Waals surface area contributed by atoms with Gasteiger partial charge in [0.05, 0.1) is 0 Å². The van der Waals surface area contributed by atoms with Crippen LogP contribution in [-0.2, 0) is 0 Å². The van der Waals surface area contributed by atoms with Crippen LogP contribution in [-0.4, -0.2) is 29.3 Å². The number of hydrogen-bond acceptors (Lipinski definition) is 4. The van der Waals surface area contributed by atoms with Gasteiger partial charge in [-0.05, 0) is 30.9 Å². The highest BCUT2D eigenvalue weighted by Gasteiger charge is 2.26. The molecule has 0 saturated carbocycles. The summed E-state index contributed by atoms with van der Waals surface area (Å²) in [7, 11) is 0. The summed E-state index contributed by atoms with van der Waals surface area (Å²) < 4.78 is 0. The predicted molar refractivity (Wildman–Crippen MR) is 60.6 cm³/mol. The Morgan fingerprint density at radius 2 is 2.47 bits per heavy atom. The minimum atomic E-state index is 0.422. The van der Waals surface area contributed by atoms with Crippen LogP contribution in [0.1, 0.15) is 19.8 Å². The van der Waals surface area contributed by atoms with Crippen molar-refractivity contribution in [2.24, 2.45) is 11.7 Å². The number of aromatic nitrogens is 2. The van der Waals surface area contributed by atoms with Crippen molar-refractivity contribution in [3.8, 4) is 0 Å². The van der Waals surface area contributed by atoms with Gasteiger partial charge in [0.1, 0.15) is 0 Å². The van der Waals surface area contributed by atoms with Gasteiger partial charge in [0.15, 0.2) is 5.82 Å². The Balaban J connectivity index is 2.14. The molecule has 2 unspecified atom stereocenters. The van der Waals surface area contributed by atoms with Crippen molar-refractivity contribution in [3.63, 3.8) is 0 Å². The highest BCUT2D eigenvalue weighted by atomic mass is 15.3. The van der Waals surface area contributed by atoms with E-state index in [-0.39, 0.29) is 0 Å². The van der Waals surface area contributed by atoms with E-state index in [1.165, 1.54) is 6.42 Å². The number of hydrogen-bond donors (Lipinski definition) is 1. The largest absolute Gasteiger partial charge is 0.351 e. The van der Waals surface area contributed by atoms with Crippen molar-refractivity contribution in [1.82, 2.24) is 10.2 Å². The average Bonchev–Trinajstić information content (AvgIpc) is 2.30. The van der Waals surface area contributed by atoms with Crippen molar-refractivity contribution in [2.75, 3.05) is 18.0 Å². The number of nitrogens with zero attached hydrogens (tertiary/aromatic N) is 3. The molecule has 1 aliphatic heterocycles. The van der Waals surface area contributed by atoms with Gasteiger partial charge in [-0.2, -0.15) is 5.10 Å². The first-order valence-electron chi connectivity index (χ1n) is 5.55. The number of rotatable bonds is 2. The fourth-order valence-electron chi connectivity index (χ4n) is 2.22. The van der Waals surface area contributed by atoms with Crippen LogP contribution >= 0.6 is 0 Å². The summed E-state index contributed by atoms with van der Waals surface area (Å²) in [4.78, 5) is 2.28. The Labute approximate surface area is 90.5 Å². The maximum atomic E-state index is 5.80. The molecule has 0 bridgehead atoms. The molecule has 15 heavy (non-hydrogen) atoms. The summed E-state index contributed by atoms with van der Waals surface area (Å²) in [5.74, 6) is 1.73. The van der Waals surface area contributed by atoms with Crippen molar-refractivity contribution in [1.29, 1.82) is 0 Å². The zero-order chi connectivity index (χ0) is 10.7. The molecule has 1 saturated heterocycles. The van der Waals surface area contributed by atoms with E-state index in [2.05, 4.69) is 22.0 Å². The molecule has 2 N–H and O–H groups in total. The third-order valence-electron chi connectivity index (χ3n) is 3.10. The van der Waals surface area contributed by atoms with Gasteiger partial charge >= 0.3 is 0 Å². The second-order valence-corrected chi connectivity index (χ2v) is 4.29. The second-order valence-electron chi connectivity index (χ2n) is 4.29. The van der Waals surface area contributed by atoms with Gasteiger partial charge in [0.25, 0.3) is 0 Å². The molecule has 1 aromatic heterocycles. The number of anilines is 1. The van der Waals surface area contributed by atoms with Crippen LogP contribution in [0.3, 0.4) is 0 Å². The molecule has 4 nitrogen and oxygen atoms in total. The van der Waals surface area contributed by atoms with E-state index in [4.69, 9.17) is 5.73 Å². The Bertz CT molecular complexity index is 301. The van der Waals surface area contributed by atoms with Crippen LogP contribution in [0.25, 0.3) is 0 Å². The van der Waals surface area contributed by atoms with E-state index in [0.717, 1.165) is 24.7 Å². The fraction of sp³-hybridized carbons (Fsp3) is 0.636. The maximum Gasteiger partial charge on any atom is 0.151 e. The Morgan fingerprint density at radius 1 is 1.60 bits per heavy atom. The second kappa shape index (κ2) is 4.57. The summed E-state index contributed by atoms with van der Waals surface area (Å²) in [5, 5.41) is 8.06. The first-order chi connectivity index (χ1) is 7.31. The number of piperidine rings is 1. The van der Waals surface area contributed by atoms with Crippen molar-refractivity contribution < 1.29 is 0 Å². The molecule has 1 aliphatic rings. The lowest BCUT2D eigenvalue weighted by Gasteiger charge is -2.38. The lowest BCUT2D eigenvalue weighted by Crippen LogP contribution is -2.46. The summed E-state index contributed by atoms with van der Waals surface area (Å²) in [6.07, 6.45) is 4.08. The minimum Gasteiger partial charge on any atom is -0.351 e. The fourth-order valence-corrected chi connectivity index (χ4v) is 2.22. The summed E-state index contributed by atoms with van der Waals surface area (Å²) >= 11 is 0. The lowest BCUT2D eigenvalue weighted by atomic mass is 9.92. The molecule has 0 radical (unpaired) electrons. The Morgan fingerprint density at radius 3 is 3.13 bits per heavy atom. The van der Waals surface area contributed by atoms with Crippen molar-refractivity contribution >= 4 is 5.82 Å². The summed E-state index contributed by atoms with van der Waals surface area (Å²) in [5.41, 5.74) is 5.80. The van der Waals surface area contributed by atoms with Gasteiger partial charge < -0.3 is 10.6 Å². The normalized spacial score (nSPS) is 26.7. The summed E-state index contributed by atoms with van der Waals surface area (Å²) in [6.45, 7) is 4.03. The monoisotopic (exact) mass is 206 g/mol. The first-order valence-corrected chi connectivity index (χ1v) is 5.55. The predicted octanol–water partition coefficient (Wildman–Crippen LogP) is 1.04. The summed E-state index contributed by atoms with van der Waals surface area (Å²) in [6, 6.07) is 4.35. The van der Waals surface area contributed by atoms with Crippen LogP contribution in [0.4, 0.5) is 5.82 Å². The molecular formula is C11H18N4. The average molecular weight is 206 g/mol. The highest BCUT2D eigenvalue weighted by molar-refractivity contribution is 5.38. The van der Waals surface area contributed by atoms with Crippen molar-refractivity contribution in [2.45, 2.75) is 25.8 Å². The third-order valence-corrected chi connectivity index (χ3v) is 3.10. The SMILES string of the molecule is CC1CCN(c2cccnn2)C(CN)C1. The molecule has 2 rings (SSSR count). The van der Waals surface area contributed by atoms with Gasteiger partial charge in [-0.25, -0.2) is 0 Å². The van der Waals surface area contributed by atoms with Crippen LogP contribution in [0.15, 0.2) is 18.3 Å². The zero-order valence-electron chi connectivity index (χ0n) is 9.13. The van der Waals surface area contributed by atoms with Crippen LogP contribution < -0.4 is 10.6 Å². The van der Waals surface area contributed by atoms with E-state index in [1.54, 1.807) is 6.20 Å². The van der Waals surface area contributed by atoms with Gasteiger partial charge in [-0.15, -0.1) is 5.10 Å². The molecule has 82 valence electrons. The standard InChI is InChI=1S/C11H18N4/c1-9-4-6-15(10(7-9)8-12)11-3-2-5-13-14-11/h2-3,5,9-10H,4,6-8,12H2,1H3. The van der Waals surface area contributed by atoms with Gasteiger partial charge in [0.2, 0.25) is 0 Å². The molecule has 4 heteroatoms. The smallest absolute Gasteiger partial charge is 0.151 e. The van der Waals surface area contributed by atoms with E-state index in [1.807, 2.05) is 12.1 Å². The van der Waals surface area contributed by atoms with Crippen LogP contribution in [0.2, 0.25) is 0 Å². The minimum absolute atomic E-state index is 0.422. The molecular weight excluding hydrogens is 188 g/mol. The van der Waals surface area contributed by atoms with E-state index >= 15 is 0 Å². The van der Waals surface area contributed by atoms with Gasteiger partial charge in [-0.1, -0.05) is 6.92 Å².